The number of aryl methyl sites for hydroxylation is 1. The molecule has 0 unspecified atom stereocenters. The zero-order chi connectivity index (χ0) is 13.8. The van der Waals surface area contributed by atoms with Crippen LogP contribution in [0.4, 0.5) is 4.39 Å². The molecule has 0 aliphatic heterocycles. The van der Waals surface area contributed by atoms with Gasteiger partial charge in [-0.2, -0.15) is 0 Å². The minimum Gasteiger partial charge on any atom is -0.489 e. The summed E-state index contributed by atoms with van der Waals surface area (Å²) in [5, 5.41) is 0. The average Bonchev–Trinajstić information content (AvgIpc) is 2.39. The Morgan fingerprint density at radius 1 is 1.16 bits per heavy atom. The van der Waals surface area contributed by atoms with Crippen molar-refractivity contribution in [2.45, 2.75) is 26.5 Å². The van der Waals surface area contributed by atoms with Crippen LogP contribution in [0.5, 0.6) is 5.75 Å². The third-order valence-corrected chi connectivity index (χ3v) is 2.96. The topological polar surface area (TPSA) is 35.2 Å². The van der Waals surface area contributed by atoms with E-state index in [4.69, 9.17) is 10.5 Å². The number of ether oxygens (including phenoxy) is 1. The van der Waals surface area contributed by atoms with Gasteiger partial charge in [0, 0.05) is 11.6 Å². The van der Waals surface area contributed by atoms with Gasteiger partial charge in [-0.25, -0.2) is 4.39 Å². The normalized spacial score (nSPS) is 12.2. The molecule has 2 nitrogen and oxygen atoms in total. The second-order valence-electron chi connectivity index (χ2n) is 4.75. The predicted molar refractivity (Wildman–Crippen MR) is 74.5 cm³/mol. The highest BCUT2D eigenvalue weighted by Crippen LogP contribution is 2.25. The summed E-state index contributed by atoms with van der Waals surface area (Å²) < 4.78 is 18.6. The lowest BCUT2D eigenvalue weighted by Crippen LogP contribution is -2.08. The summed E-state index contributed by atoms with van der Waals surface area (Å²) in [6.07, 6.45) is 0. The second-order valence-corrected chi connectivity index (χ2v) is 4.75. The first kappa shape index (κ1) is 13.6. The maximum atomic E-state index is 12.8. The van der Waals surface area contributed by atoms with Gasteiger partial charge in [-0.1, -0.05) is 29.8 Å². The Labute approximate surface area is 113 Å². The van der Waals surface area contributed by atoms with Gasteiger partial charge in [-0.3, -0.25) is 0 Å². The van der Waals surface area contributed by atoms with Crippen LogP contribution in [0.15, 0.2) is 42.5 Å². The number of hydrogen-bond donors (Lipinski definition) is 1. The Balaban J connectivity index is 2.13. The third-order valence-electron chi connectivity index (χ3n) is 2.96. The van der Waals surface area contributed by atoms with Crippen molar-refractivity contribution in [1.82, 2.24) is 0 Å². The van der Waals surface area contributed by atoms with Crippen molar-refractivity contribution in [3.63, 3.8) is 0 Å². The highest BCUT2D eigenvalue weighted by atomic mass is 19.1. The molecule has 0 amide bonds. The molecule has 0 saturated carbocycles. The molecule has 2 N–H and O–H groups in total. The van der Waals surface area contributed by atoms with E-state index in [0.29, 0.717) is 6.61 Å². The van der Waals surface area contributed by atoms with E-state index in [0.717, 1.165) is 22.4 Å². The fraction of sp³-hybridized carbons (Fsp3) is 0.250. The van der Waals surface area contributed by atoms with Gasteiger partial charge < -0.3 is 10.5 Å². The van der Waals surface area contributed by atoms with Gasteiger partial charge in [0.1, 0.15) is 18.2 Å². The van der Waals surface area contributed by atoms with Gasteiger partial charge in [-0.15, -0.1) is 0 Å². The highest BCUT2D eigenvalue weighted by molar-refractivity contribution is 5.39. The Morgan fingerprint density at radius 2 is 1.84 bits per heavy atom. The monoisotopic (exact) mass is 259 g/mol. The Hall–Kier alpha value is -1.87. The molecular formula is C16H18FNO. The van der Waals surface area contributed by atoms with Crippen LogP contribution in [-0.2, 0) is 6.61 Å². The lowest BCUT2D eigenvalue weighted by molar-refractivity contribution is 0.301. The quantitative estimate of drug-likeness (QED) is 0.908. The van der Waals surface area contributed by atoms with Crippen LogP contribution < -0.4 is 10.5 Å². The summed E-state index contributed by atoms with van der Waals surface area (Å²) in [5.74, 6) is 0.542. The molecule has 0 spiro atoms. The summed E-state index contributed by atoms with van der Waals surface area (Å²) in [5.41, 5.74) is 9.01. The van der Waals surface area contributed by atoms with Crippen LogP contribution in [-0.4, -0.2) is 0 Å². The highest BCUT2D eigenvalue weighted by Gasteiger charge is 2.08. The molecule has 3 heteroatoms. The zero-order valence-electron chi connectivity index (χ0n) is 11.2. The molecule has 1 atom stereocenters. The minimum absolute atomic E-state index is 0.0804. The molecule has 2 rings (SSSR count). The fourth-order valence-corrected chi connectivity index (χ4v) is 1.90. The summed E-state index contributed by atoms with van der Waals surface area (Å²) in [6.45, 7) is 4.36. The van der Waals surface area contributed by atoms with Crippen LogP contribution in [0.1, 0.15) is 29.7 Å². The first-order chi connectivity index (χ1) is 9.06. The van der Waals surface area contributed by atoms with Crippen LogP contribution in [0.2, 0.25) is 0 Å². The van der Waals surface area contributed by atoms with E-state index in [9.17, 15) is 4.39 Å². The van der Waals surface area contributed by atoms with Gasteiger partial charge >= 0.3 is 0 Å². The summed E-state index contributed by atoms with van der Waals surface area (Å²) in [6, 6.07) is 12.2. The van der Waals surface area contributed by atoms with Gasteiger partial charge in [0.25, 0.3) is 0 Å². The Bertz CT molecular complexity index is 549. The van der Waals surface area contributed by atoms with Crippen molar-refractivity contribution in [1.29, 1.82) is 0 Å². The number of rotatable bonds is 4. The van der Waals surface area contributed by atoms with E-state index in [1.807, 2.05) is 32.0 Å². The molecule has 2 aromatic carbocycles. The Kier molecular flexibility index (Phi) is 4.17. The molecule has 0 bridgehead atoms. The molecule has 0 saturated heterocycles. The summed E-state index contributed by atoms with van der Waals surface area (Å²) in [7, 11) is 0. The molecule has 0 aliphatic carbocycles. The number of hydrogen-bond acceptors (Lipinski definition) is 2. The summed E-state index contributed by atoms with van der Waals surface area (Å²) >= 11 is 0. The largest absolute Gasteiger partial charge is 0.489 e. The van der Waals surface area contributed by atoms with E-state index in [-0.39, 0.29) is 11.9 Å². The molecule has 0 aliphatic rings. The fourth-order valence-electron chi connectivity index (χ4n) is 1.90. The molecule has 0 heterocycles. The molecule has 19 heavy (non-hydrogen) atoms. The van der Waals surface area contributed by atoms with Crippen molar-refractivity contribution in [3.8, 4) is 5.75 Å². The van der Waals surface area contributed by atoms with Crippen molar-refractivity contribution < 1.29 is 9.13 Å². The molecular weight excluding hydrogens is 241 g/mol. The van der Waals surface area contributed by atoms with E-state index in [2.05, 4.69) is 0 Å². The maximum absolute atomic E-state index is 12.8. The summed E-state index contributed by atoms with van der Waals surface area (Å²) in [4.78, 5) is 0. The lowest BCUT2D eigenvalue weighted by Gasteiger charge is -2.15. The van der Waals surface area contributed by atoms with Crippen molar-refractivity contribution in [3.05, 3.63) is 65.0 Å². The number of halogens is 1. The van der Waals surface area contributed by atoms with Crippen molar-refractivity contribution >= 4 is 0 Å². The van der Waals surface area contributed by atoms with Crippen LogP contribution in [0, 0.1) is 12.7 Å². The first-order valence-corrected chi connectivity index (χ1v) is 6.29. The van der Waals surface area contributed by atoms with E-state index in [1.165, 1.54) is 12.1 Å². The number of nitrogens with two attached hydrogens (primary N) is 1. The van der Waals surface area contributed by atoms with E-state index < -0.39 is 0 Å². The number of benzene rings is 2. The van der Waals surface area contributed by atoms with Gasteiger partial charge in [0.15, 0.2) is 0 Å². The maximum Gasteiger partial charge on any atom is 0.124 e. The standard InChI is InChI=1S/C16H18FNO/c1-11-3-8-16(15(9-11)12(2)18)19-10-13-4-6-14(17)7-5-13/h3-9,12H,10,18H2,1-2H3/t12-/m1/s1. The molecule has 0 aromatic heterocycles. The first-order valence-electron chi connectivity index (χ1n) is 6.29. The zero-order valence-corrected chi connectivity index (χ0v) is 11.2. The van der Waals surface area contributed by atoms with Crippen molar-refractivity contribution in [2.75, 3.05) is 0 Å². The Morgan fingerprint density at radius 3 is 2.47 bits per heavy atom. The smallest absolute Gasteiger partial charge is 0.124 e. The molecule has 0 radical (unpaired) electrons. The average molecular weight is 259 g/mol. The van der Waals surface area contributed by atoms with Crippen molar-refractivity contribution in [2.24, 2.45) is 5.73 Å². The lowest BCUT2D eigenvalue weighted by atomic mass is 10.1. The van der Waals surface area contributed by atoms with E-state index in [1.54, 1.807) is 12.1 Å². The van der Waals surface area contributed by atoms with Crippen LogP contribution in [0.25, 0.3) is 0 Å². The molecule has 0 fully saturated rings. The molecule has 2 aromatic rings. The minimum atomic E-state index is -0.240. The van der Waals surface area contributed by atoms with Gasteiger partial charge in [0.05, 0.1) is 0 Å². The second kappa shape index (κ2) is 5.85. The predicted octanol–water partition coefficient (Wildman–Crippen LogP) is 3.73. The molecule has 100 valence electrons. The van der Waals surface area contributed by atoms with Gasteiger partial charge in [0.2, 0.25) is 0 Å². The van der Waals surface area contributed by atoms with Gasteiger partial charge in [-0.05, 0) is 37.6 Å². The van der Waals surface area contributed by atoms with Crippen LogP contribution in [0.3, 0.4) is 0 Å². The third kappa shape index (κ3) is 3.55. The van der Waals surface area contributed by atoms with E-state index >= 15 is 0 Å². The van der Waals surface area contributed by atoms with Crippen LogP contribution >= 0.6 is 0 Å². The SMILES string of the molecule is Cc1ccc(OCc2ccc(F)cc2)c([C@@H](C)N)c1.